The number of nitrogens with zero attached hydrogens (tertiary/aromatic N) is 1. The normalized spacial score (nSPS) is 28.6. The lowest BCUT2D eigenvalue weighted by atomic mass is 9.68. The Morgan fingerprint density at radius 1 is 1.40 bits per heavy atom. The molecular formula is C18H27N3O4. The number of hydrogen-bond donors (Lipinski definition) is 3. The van der Waals surface area contributed by atoms with Crippen LogP contribution in [0.1, 0.15) is 39.3 Å². The van der Waals surface area contributed by atoms with E-state index in [-0.39, 0.29) is 23.9 Å². The lowest BCUT2D eigenvalue weighted by Gasteiger charge is -2.54. The summed E-state index contributed by atoms with van der Waals surface area (Å²) >= 11 is 0. The maximum Gasteiger partial charge on any atom is 0.407 e. The molecule has 1 aliphatic carbocycles. The van der Waals surface area contributed by atoms with Gasteiger partial charge >= 0.3 is 6.09 Å². The van der Waals surface area contributed by atoms with E-state index in [9.17, 15) is 9.90 Å². The third kappa shape index (κ3) is 4.41. The highest BCUT2D eigenvalue weighted by Gasteiger charge is 2.53. The first-order chi connectivity index (χ1) is 11.8. The first-order valence-electron chi connectivity index (χ1n) is 8.82. The summed E-state index contributed by atoms with van der Waals surface area (Å²) < 4.78 is 11.3. The SMILES string of the molecule is CC(C)(C)OC(=O)NC1C2CCCOC2C1NCc1ccc(O)cn1. The summed E-state index contributed by atoms with van der Waals surface area (Å²) in [7, 11) is 0. The topological polar surface area (TPSA) is 92.7 Å². The van der Waals surface area contributed by atoms with Crippen molar-refractivity contribution in [2.75, 3.05) is 6.61 Å². The molecule has 3 N–H and O–H groups in total. The lowest BCUT2D eigenvalue weighted by Crippen LogP contribution is -2.73. The minimum Gasteiger partial charge on any atom is -0.506 e. The quantitative estimate of drug-likeness (QED) is 0.769. The van der Waals surface area contributed by atoms with E-state index in [1.165, 1.54) is 6.20 Å². The number of fused-ring (bicyclic) bond motifs is 1. The minimum atomic E-state index is -0.519. The second-order valence-electron chi connectivity index (χ2n) is 7.73. The summed E-state index contributed by atoms with van der Waals surface area (Å²) in [5, 5.41) is 15.8. The molecule has 1 amide bonds. The highest BCUT2D eigenvalue weighted by molar-refractivity contribution is 5.68. The number of alkyl carbamates (subject to hydrolysis) is 1. The number of nitrogens with one attached hydrogen (secondary N) is 2. The molecule has 0 bridgehead atoms. The molecule has 138 valence electrons. The number of hydrogen-bond acceptors (Lipinski definition) is 6. The Bertz CT molecular complexity index is 599. The zero-order chi connectivity index (χ0) is 18.0. The van der Waals surface area contributed by atoms with Crippen LogP contribution in [0.25, 0.3) is 0 Å². The van der Waals surface area contributed by atoms with Crippen molar-refractivity contribution in [3.8, 4) is 5.75 Å². The number of ether oxygens (including phenoxy) is 2. The third-order valence-corrected chi connectivity index (χ3v) is 4.63. The van der Waals surface area contributed by atoms with Gasteiger partial charge < -0.3 is 25.2 Å². The van der Waals surface area contributed by atoms with E-state index in [0.29, 0.717) is 12.5 Å². The summed E-state index contributed by atoms with van der Waals surface area (Å²) in [5.41, 5.74) is 0.308. The van der Waals surface area contributed by atoms with E-state index < -0.39 is 11.7 Å². The van der Waals surface area contributed by atoms with Gasteiger partial charge in [-0.1, -0.05) is 0 Å². The average molecular weight is 349 g/mol. The van der Waals surface area contributed by atoms with Crippen LogP contribution >= 0.6 is 0 Å². The van der Waals surface area contributed by atoms with Crippen molar-refractivity contribution < 1.29 is 19.4 Å². The first-order valence-corrected chi connectivity index (χ1v) is 8.82. The van der Waals surface area contributed by atoms with E-state index in [1.807, 2.05) is 20.8 Å². The third-order valence-electron chi connectivity index (χ3n) is 4.63. The molecule has 1 aromatic heterocycles. The average Bonchev–Trinajstić information content (AvgIpc) is 2.53. The highest BCUT2D eigenvalue weighted by Crippen LogP contribution is 2.38. The number of amides is 1. The van der Waals surface area contributed by atoms with Crippen LogP contribution in [0, 0.1) is 5.92 Å². The Morgan fingerprint density at radius 3 is 2.88 bits per heavy atom. The van der Waals surface area contributed by atoms with Crippen molar-refractivity contribution in [1.29, 1.82) is 0 Å². The van der Waals surface area contributed by atoms with Gasteiger partial charge in [-0.3, -0.25) is 4.98 Å². The van der Waals surface area contributed by atoms with Gasteiger partial charge in [0, 0.05) is 19.1 Å². The molecule has 3 rings (SSSR count). The minimum absolute atomic E-state index is 0.0164. The molecule has 2 heterocycles. The molecule has 1 saturated heterocycles. The molecule has 2 fully saturated rings. The van der Waals surface area contributed by atoms with Crippen molar-refractivity contribution in [1.82, 2.24) is 15.6 Å². The molecule has 0 aromatic carbocycles. The standard InChI is InChI=1S/C18H27N3O4/c1-18(2,3)25-17(23)21-14-13-5-4-8-24-16(13)15(14)20-9-11-6-7-12(22)10-19-11/h6-7,10,13-16,20,22H,4-5,8-9H2,1-3H3,(H,21,23). The fourth-order valence-corrected chi connectivity index (χ4v) is 3.53. The zero-order valence-electron chi connectivity index (χ0n) is 15.0. The lowest BCUT2D eigenvalue weighted by molar-refractivity contribution is -0.128. The Hall–Kier alpha value is -1.86. The first kappa shape index (κ1) is 17.9. The number of aromatic hydroxyl groups is 1. The fourth-order valence-electron chi connectivity index (χ4n) is 3.53. The zero-order valence-corrected chi connectivity index (χ0v) is 15.0. The monoisotopic (exact) mass is 349 g/mol. The van der Waals surface area contributed by atoms with Gasteiger partial charge in [0.2, 0.25) is 0 Å². The molecule has 4 atom stereocenters. The van der Waals surface area contributed by atoms with Gasteiger partial charge in [0.1, 0.15) is 11.4 Å². The molecular weight excluding hydrogens is 322 g/mol. The molecule has 2 aliphatic rings. The van der Waals surface area contributed by atoms with Crippen molar-refractivity contribution in [2.45, 2.75) is 63.9 Å². The van der Waals surface area contributed by atoms with E-state index in [4.69, 9.17) is 9.47 Å². The fraction of sp³-hybridized carbons (Fsp3) is 0.667. The Balaban J connectivity index is 1.60. The van der Waals surface area contributed by atoms with Gasteiger partial charge in [-0.25, -0.2) is 4.79 Å². The summed E-state index contributed by atoms with van der Waals surface area (Å²) in [5.74, 6) is 0.457. The summed E-state index contributed by atoms with van der Waals surface area (Å²) in [4.78, 5) is 16.3. The van der Waals surface area contributed by atoms with Crippen molar-refractivity contribution >= 4 is 6.09 Å². The van der Waals surface area contributed by atoms with Gasteiger partial charge in [-0.05, 0) is 45.7 Å². The molecule has 1 saturated carbocycles. The van der Waals surface area contributed by atoms with Crippen LogP contribution in [0.4, 0.5) is 4.79 Å². The molecule has 1 aliphatic heterocycles. The Labute approximate surface area is 148 Å². The van der Waals surface area contributed by atoms with Crippen LogP contribution in [0.5, 0.6) is 5.75 Å². The molecule has 25 heavy (non-hydrogen) atoms. The largest absolute Gasteiger partial charge is 0.506 e. The second-order valence-corrected chi connectivity index (χ2v) is 7.73. The van der Waals surface area contributed by atoms with E-state index in [2.05, 4.69) is 15.6 Å². The molecule has 7 nitrogen and oxygen atoms in total. The van der Waals surface area contributed by atoms with Gasteiger partial charge in [0.15, 0.2) is 0 Å². The maximum absolute atomic E-state index is 12.2. The van der Waals surface area contributed by atoms with Gasteiger partial charge in [0.05, 0.1) is 30.1 Å². The Kier molecular flexibility index (Phi) is 5.15. The summed E-state index contributed by atoms with van der Waals surface area (Å²) in [6.45, 7) is 6.87. The molecule has 1 aromatic rings. The number of rotatable bonds is 4. The number of carbonyl (C=O) groups is 1. The van der Waals surface area contributed by atoms with Crippen LogP contribution in [0.15, 0.2) is 18.3 Å². The van der Waals surface area contributed by atoms with Crippen LogP contribution in [0.2, 0.25) is 0 Å². The van der Waals surface area contributed by atoms with E-state index >= 15 is 0 Å². The maximum atomic E-state index is 12.2. The number of carbonyl (C=O) groups excluding carboxylic acids is 1. The molecule has 0 spiro atoms. The molecule has 0 radical (unpaired) electrons. The van der Waals surface area contributed by atoms with Gasteiger partial charge in [-0.2, -0.15) is 0 Å². The number of aromatic nitrogens is 1. The predicted molar refractivity (Wildman–Crippen MR) is 92.2 cm³/mol. The van der Waals surface area contributed by atoms with Crippen LogP contribution in [-0.4, -0.2) is 46.6 Å². The highest BCUT2D eigenvalue weighted by atomic mass is 16.6. The van der Waals surface area contributed by atoms with Crippen LogP contribution < -0.4 is 10.6 Å². The smallest absolute Gasteiger partial charge is 0.407 e. The summed E-state index contributed by atoms with van der Waals surface area (Å²) in [6, 6.07) is 3.39. The van der Waals surface area contributed by atoms with Crippen LogP contribution in [-0.2, 0) is 16.0 Å². The summed E-state index contributed by atoms with van der Waals surface area (Å²) in [6.07, 6.45) is 3.19. The van der Waals surface area contributed by atoms with Crippen molar-refractivity contribution in [3.05, 3.63) is 24.0 Å². The van der Waals surface area contributed by atoms with E-state index in [1.54, 1.807) is 12.1 Å². The molecule has 7 heteroatoms. The van der Waals surface area contributed by atoms with Gasteiger partial charge in [-0.15, -0.1) is 0 Å². The Morgan fingerprint density at radius 2 is 2.20 bits per heavy atom. The predicted octanol–water partition coefficient (Wildman–Crippen LogP) is 1.95. The number of pyridine rings is 1. The van der Waals surface area contributed by atoms with Gasteiger partial charge in [0.25, 0.3) is 0 Å². The molecule has 4 unspecified atom stereocenters. The second kappa shape index (κ2) is 7.17. The van der Waals surface area contributed by atoms with Crippen molar-refractivity contribution in [3.63, 3.8) is 0 Å². The van der Waals surface area contributed by atoms with E-state index in [0.717, 1.165) is 25.1 Å². The van der Waals surface area contributed by atoms with Crippen molar-refractivity contribution in [2.24, 2.45) is 5.92 Å². The van der Waals surface area contributed by atoms with Crippen LogP contribution in [0.3, 0.4) is 0 Å².